The average molecular weight is 398 g/mol. The molecule has 0 fully saturated rings. The summed E-state index contributed by atoms with van der Waals surface area (Å²) >= 11 is 0. The van der Waals surface area contributed by atoms with Crippen LogP contribution in [0, 0.1) is 0 Å². The Hall–Kier alpha value is -2.68. The lowest BCUT2D eigenvalue weighted by Crippen LogP contribution is -2.26. The molecule has 1 amide bonds. The van der Waals surface area contributed by atoms with E-state index in [1.807, 2.05) is 20.8 Å². The molecule has 0 aliphatic rings. The van der Waals surface area contributed by atoms with Gasteiger partial charge in [-0.05, 0) is 51.5 Å². The number of carbonyl (C=O) groups is 1. The summed E-state index contributed by atoms with van der Waals surface area (Å²) in [5.41, 5.74) is 6.38. The lowest BCUT2D eigenvalue weighted by atomic mass is 10.1. The van der Waals surface area contributed by atoms with Crippen molar-refractivity contribution in [2.45, 2.75) is 45.5 Å². The summed E-state index contributed by atoms with van der Waals surface area (Å²) in [7, 11) is 0. The Morgan fingerprint density at radius 1 is 1.18 bits per heavy atom. The molecule has 0 saturated heterocycles. The molecule has 2 rings (SSSR count). The maximum absolute atomic E-state index is 12.1. The number of aromatic nitrogens is 2. The third kappa shape index (κ3) is 10.5. The molecule has 1 atom stereocenters. The Bertz CT molecular complexity index is 741. The van der Waals surface area contributed by atoms with Crippen LogP contribution in [0.15, 0.2) is 42.9 Å². The summed E-state index contributed by atoms with van der Waals surface area (Å²) in [5.74, 6) is -0.459. The van der Waals surface area contributed by atoms with E-state index < -0.39 is 18.8 Å². The Kier molecular flexibility index (Phi) is 8.36. The Balaban J connectivity index is 0.000000696. The minimum atomic E-state index is -4.43. The van der Waals surface area contributed by atoms with Gasteiger partial charge in [0.15, 0.2) is 6.61 Å². The van der Waals surface area contributed by atoms with Gasteiger partial charge < -0.3 is 15.8 Å². The molecule has 154 valence electrons. The van der Waals surface area contributed by atoms with E-state index in [-0.39, 0.29) is 17.3 Å². The summed E-state index contributed by atoms with van der Waals surface area (Å²) in [6.07, 6.45) is -0.112. The zero-order chi connectivity index (χ0) is 21.4. The molecule has 9 heteroatoms. The Morgan fingerprint density at radius 2 is 1.75 bits per heavy atom. The van der Waals surface area contributed by atoms with Crippen molar-refractivity contribution in [1.29, 1.82) is 0 Å². The van der Waals surface area contributed by atoms with Crippen molar-refractivity contribution in [3.05, 3.63) is 54.0 Å². The molecule has 28 heavy (non-hydrogen) atoms. The van der Waals surface area contributed by atoms with Gasteiger partial charge in [0.2, 0.25) is 5.88 Å². The summed E-state index contributed by atoms with van der Waals surface area (Å²) < 4.78 is 41.0. The monoisotopic (exact) mass is 398 g/mol. The van der Waals surface area contributed by atoms with Gasteiger partial charge in [-0.15, -0.1) is 0 Å². The summed E-state index contributed by atoms with van der Waals surface area (Å²) in [6, 6.07) is 5.66. The number of ether oxygens (including phenoxy) is 1. The second-order valence-corrected chi connectivity index (χ2v) is 7.13. The SMILES string of the molecule is CC(C)(C)N.CC(NC(=O)c1ccncc1)c1ccnc(OCC(F)(F)F)c1. The quantitative estimate of drug-likeness (QED) is 0.802. The molecule has 1 unspecified atom stereocenters. The van der Waals surface area contributed by atoms with Crippen molar-refractivity contribution in [2.24, 2.45) is 5.73 Å². The van der Waals surface area contributed by atoms with Gasteiger partial charge in [-0.25, -0.2) is 4.98 Å². The Labute approximate surface area is 162 Å². The number of rotatable bonds is 5. The van der Waals surface area contributed by atoms with Gasteiger partial charge in [-0.3, -0.25) is 9.78 Å². The van der Waals surface area contributed by atoms with Gasteiger partial charge in [0, 0.05) is 35.8 Å². The van der Waals surface area contributed by atoms with Gasteiger partial charge in [-0.1, -0.05) is 0 Å². The van der Waals surface area contributed by atoms with E-state index in [0.29, 0.717) is 11.1 Å². The largest absolute Gasteiger partial charge is 0.468 e. The van der Waals surface area contributed by atoms with Crippen molar-refractivity contribution in [2.75, 3.05) is 6.61 Å². The predicted octanol–water partition coefficient (Wildman–Crippen LogP) is 3.65. The maximum Gasteiger partial charge on any atom is 0.422 e. The van der Waals surface area contributed by atoms with Gasteiger partial charge in [-0.2, -0.15) is 13.2 Å². The lowest BCUT2D eigenvalue weighted by molar-refractivity contribution is -0.154. The first-order valence-electron chi connectivity index (χ1n) is 8.50. The van der Waals surface area contributed by atoms with Crippen molar-refractivity contribution >= 4 is 5.91 Å². The fraction of sp³-hybridized carbons (Fsp3) is 0.421. The molecule has 0 aliphatic carbocycles. The first-order chi connectivity index (χ1) is 12.8. The Morgan fingerprint density at radius 3 is 2.29 bits per heavy atom. The zero-order valence-electron chi connectivity index (χ0n) is 16.2. The van der Waals surface area contributed by atoms with E-state index in [1.54, 1.807) is 25.1 Å². The summed E-state index contributed by atoms with van der Waals surface area (Å²) in [6.45, 7) is 6.19. The number of nitrogens with two attached hydrogens (primary N) is 1. The molecule has 2 aromatic rings. The topological polar surface area (TPSA) is 90.1 Å². The molecule has 0 spiro atoms. The smallest absolute Gasteiger partial charge is 0.422 e. The van der Waals surface area contributed by atoms with Crippen LogP contribution in [0.2, 0.25) is 0 Å². The van der Waals surface area contributed by atoms with Crippen LogP contribution in [0.1, 0.15) is 49.7 Å². The number of nitrogens with one attached hydrogen (secondary N) is 1. The fourth-order valence-electron chi connectivity index (χ4n) is 1.80. The molecular weight excluding hydrogens is 373 g/mol. The number of halogens is 3. The fourth-order valence-corrected chi connectivity index (χ4v) is 1.80. The molecule has 2 aromatic heterocycles. The highest BCUT2D eigenvalue weighted by atomic mass is 19.4. The predicted molar refractivity (Wildman–Crippen MR) is 99.8 cm³/mol. The minimum absolute atomic E-state index is 0. The van der Waals surface area contributed by atoms with Gasteiger partial charge >= 0.3 is 6.18 Å². The molecular formula is C19H25F3N4O2. The van der Waals surface area contributed by atoms with Crippen molar-refractivity contribution in [3.63, 3.8) is 0 Å². The molecule has 6 nitrogen and oxygen atoms in total. The third-order valence-electron chi connectivity index (χ3n) is 2.93. The number of nitrogens with zero attached hydrogens (tertiary/aromatic N) is 2. The van der Waals surface area contributed by atoms with Crippen LogP contribution in [0.25, 0.3) is 0 Å². The van der Waals surface area contributed by atoms with E-state index in [0.717, 1.165) is 0 Å². The number of alkyl halides is 3. The van der Waals surface area contributed by atoms with Crippen molar-refractivity contribution < 1.29 is 22.7 Å². The molecule has 3 N–H and O–H groups in total. The van der Waals surface area contributed by atoms with Gasteiger partial charge in [0.25, 0.3) is 5.91 Å². The van der Waals surface area contributed by atoms with Crippen LogP contribution in [0.3, 0.4) is 0 Å². The van der Waals surface area contributed by atoms with Crippen LogP contribution >= 0.6 is 0 Å². The van der Waals surface area contributed by atoms with Gasteiger partial charge in [0.05, 0.1) is 6.04 Å². The van der Waals surface area contributed by atoms with Crippen LogP contribution in [-0.4, -0.2) is 34.2 Å². The first kappa shape index (κ1) is 23.4. The van der Waals surface area contributed by atoms with Gasteiger partial charge in [0.1, 0.15) is 0 Å². The number of hydrogen-bond acceptors (Lipinski definition) is 5. The highest BCUT2D eigenvalue weighted by Crippen LogP contribution is 2.20. The minimum Gasteiger partial charge on any atom is -0.468 e. The maximum atomic E-state index is 12.1. The number of hydrogen-bond donors (Lipinski definition) is 2. The standard InChI is InChI=1S/C15H14F3N3O2.C4H11N/c1-10(21-14(22)11-2-5-19-6-3-11)12-4-7-20-13(8-12)23-9-15(16,17)18;1-4(2,3)5/h2-8,10H,9H2,1H3,(H,21,22);5H2,1-3H3. The zero-order valence-corrected chi connectivity index (χ0v) is 16.2. The van der Waals surface area contributed by atoms with Crippen LogP contribution in [0.5, 0.6) is 5.88 Å². The van der Waals surface area contributed by atoms with E-state index in [9.17, 15) is 18.0 Å². The second-order valence-electron chi connectivity index (χ2n) is 7.13. The van der Waals surface area contributed by atoms with Crippen LogP contribution < -0.4 is 15.8 Å². The summed E-state index contributed by atoms with van der Waals surface area (Å²) in [4.78, 5) is 19.6. The van der Waals surface area contributed by atoms with Crippen LogP contribution in [0.4, 0.5) is 13.2 Å². The number of carbonyl (C=O) groups excluding carboxylic acids is 1. The summed E-state index contributed by atoms with van der Waals surface area (Å²) in [5, 5.41) is 2.74. The molecule has 0 radical (unpaired) electrons. The molecule has 0 bridgehead atoms. The number of amides is 1. The van der Waals surface area contributed by atoms with E-state index in [4.69, 9.17) is 5.73 Å². The average Bonchev–Trinajstić information content (AvgIpc) is 2.59. The highest BCUT2D eigenvalue weighted by molar-refractivity contribution is 5.94. The molecule has 0 aromatic carbocycles. The lowest BCUT2D eigenvalue weighted by Gasteiger charge is -2.15. The first-order valence-corrected chi connectivity index (χ1v) is 8.50. The normalized spacial score (nSPS) is 12.4. The highest BCUT2D eigenvalue weighted by Gasteiger charge is 2.28. The van der Waals surface area contributed by atoms with Crippen LogP contribution in [-0.2, 0) is 0 Å². The molecule has 0 aliphatic heterocycles. The third-order valence-corrected chi connectivity index (χ3v) is 2.93. The van der Waals surface area contributed by atoms with E-state index in [1.165, 1.54) is 24.7 Å². The van der Waals surface area contributed by atoms with Crippen molar-refractivity contribution in [3.8, 4) is 5.88 Å². The van der Waals surface area contributed by atoms with Crippen molar-refractivity contribution in [1.82, 2.24) is 15.3 Å². The second kappa shape index (κ2) is 10.0. The number of pyridine rings is 2. The van der Waals surface area contributed by atoms with E-state index >= 15 is 0 Å². The molecule has 2 heterocycles. The van der Waals surface area contributed by atoms with E-state index in [2.05, 4.69) is 20.0 Å². The molecule has 0 saturated carbocycles.